The topological polar surface area (TPSA) is 124 Å². The van der Waals surface area contributed by atoms with E-state index in [1.54, 1.807) is 0 Å². The zero-order valence-corrected chi connectivity index (χ0v) is 9.46. The molecule has 0 radical (unpaired) electrons. The van der Waals surface area contributed by atoms with Gasteiger partial charge in [-0.25, -0.2) is 13.4 Å². The van der Waals surface area contributed by atoms with Crippen LogP contribution in [0.1, 0.15) is 6.42 Å². The Kier molecular flexibility index (Phi) is 2.89. The third-order valence-electron chi connectivity index (χ3n) is 2.58. The Hall–Kier alpha value is -1.45. The molecule has 3 N–H and O–H groups in total. The fourth-order valence-electron chi connectivity index (χ4n) is 1.78. The summed E-state index contributed by atoms with van der Waals surface area (Å²) in [5, 5.41) is 18.1. The van der Waals surface area contributed by atoms with Crippen molar-refractivity contribution in [1.29, 1.82) is 0 Å². The Morgan fingerprint density at radius 1 is 1.59 bits per heavy atom. The van der Waals surface area contributed by atoms with Crippen LogP contribution < -0.4 is 0 Å². The van der Waals surface area contributed by atoms with Crippen LogP contribution in [0.3, 0.4) is 0 Å². The number of sulfonamides is 1. The molecule has 0 saturated carbocycles. The summed E-state index contributed by atoms with van der Waals surface area (Å²) in [4.78, 5) is 16.9. The molecule has 1 aliphatic rings. The van der Waals surface area contributed by atoms with Gasteiger partial charge in [-0.3, -0.25) is 4.79 Å². The van der Waals surface area contributed by atoms with Gasteiger partial charge in [-0.1, -0.05) is 0 Å². The molecule has 0 aromatic carbocycles. The number of rotatable bonds is 3. The van der Waals surface area contributed by atoms with Crippen LogP contribution in [0.2, 0.25) is 0 Å². The van der Waals surface area contributed by atoms with Gasteiger partial charge in [0, 0.05) is 13.0 Å². The second-order valence-electron chi connectivity index (χ2n) is 3.73. The van der Waals surface area contributed by atoms with Crippen LogP contribution in [0.5, 0.6) is 0 Å². The average Bonchev–Trinajstić information content (AvgIpc) is 2.84. The molecule has 1 aliphatic heterocycles. The number of carboxylic acid groups (broad SMARTS) is 1. The predicted octanol–water partition coefficient (Wildman–Crippen LogP) is -1.38. The number of hydrogen-bond acceptors (Lipinski definition) is 5. The monoisotopic (exact) mass is 261 g/mol. The van der Waals surface area contributed by atoms with Crippen LogP contribution in [0.15, 0.2) is 17.6 Å². The number of β-amino-alcohol motifs (C(OH)–C–C–N with tert-alkyl or cyclic N) is 1. The summed E-state index contributed by atoms with van der Waals surface area (Å²) in [6.07, 6.45) is 1.21. The maximum Gasteiger partial charge on any atom is 0.322 e. The molecule has 0 spiro atoms. The van der Waals surface area contributed by atoms with Crippen molar-refractivity contribution in [3.63, 3.8) is 0 Å². The number of aliphatic carboxylic acids is 1. The van der Waals surface area contributed by atoms with Gasteiger partial charge < -0.3 is 15.2 Å². The number of aromatic nitrogens is 2. The minimum atomic E-state index is -3.95. The number of nitrogens with one attached hydrogen (secondary N) is 1. The van der Waals surface area contributed by atoms with Crippen LogP contribution in [-0.2, 0) is 14.8 Å². The highest BCUT2D eigenvalue weighted by molar-refractivity contribution is 7.89. The molecule has 8 nitrogen and oxygen atoms in total. The zero-order chi connectivity index (χ0) is 12.6. The maximum atomic E-state index is 12.0. The Balaban J connectivity index is 2.36. The Labute approximate surface area is 96.9 Å². The van der Waals surface area contributed by atoms with Crippen LogP contribution >= 0.6 is 0 Å². The van der Waals surface area contributed by atoms with Crippen molar-refractivity contribution in [3.8, 4) is 0 Å². The fourth-order valence-corrected chi connectivity index (χ4v) is 3.31. The number of carboxylic acids is 1. The first kappa shape index (κ1) is 12.0. The SMILES string of the molecule is O=C(O)[C@@H]1C[C@@H](O)CN1S(=O)(=O)c1cnc[nH]1. The van der Waals surface area contributed by atoms with E-state index in [1.807, 2.05) is 0 Å². The predicted molar refractivity (Wildman–Crippen MR) is 54.5 cm³/mol. The summed E-state index contributed by atoms with van der Waals surface area (Å²) in [6.45, 7) is -0.224. The van der Waals surface area contributed by atoms with Crippen LogP contribution in [-0.4, -0.2) is 57.6 Å². The van der Waals surface area contributed by atoms with Crippen LogP contribution in [0.4, 0.5) is 0 Å². The molecule has 1 saturated heterocycles. The number of H-pyrrole nitrogens is 1. The van der Waals surface area contributed by atoms with E-state index < -0.39 is 28.1 Å². The van der Waals surface area contributed by atoms with E-state index in [-0.39, 0.29) is 18.0 Å². The van der Waals surface area contributed by atoms with Crippen molar-refractivity contribution >= 4 is 16.0 Å². The highest BCUT2D eigenvalue weighted by atomic mass is 32.2. The molecule has 2 rings (SSSR count). The Morgan fingerprint density at radius 2 is 2.29 bits per heavy atom. The minimum absolute atomic E-state index is 0.108. The van der Waals surface area contributed by atoms with Crippen molar-refractivity contribution in [2.45, 2.75) is 23.6 Å². The second-order valence-corrected chi connectivity index (χ2v) is 5.59. The lowest BCUT2D eigenvalue weighted by Crippen LogP contribution is -2.40. The molecule has 1 aromatic heterocycles. The number of aliphatic hydroxyl groups is 1. The Bertz CT molecular complexity index is 511. The molecule has 0 aliphatic carbocycles. The Morgan fingerprint density at radius 3 is 2.82 bits per heavy atom. The van der Waals surface area contributed by atoms with Crippen LogP contribution in [0.25, 0.3) is 0 Å². The summed E-state index contributed by atoms with van der Waals surface area (Å²) in [5.74, 6) is -1.27. The molecule has 94 valence electrons. The molecular weight excluding hydrogens is 250 g/mol. The molecule has 0 amide bonds. The van der Waals surface area contributed by atoms with Gasteiger partial charge in [-0.05, 0) is 0 Å². The summed E-state index contributed by atoms with van der Waals surface area (Å²) >= 11 is 0. The first-order valence-electron chi connectivity index (χ1n) is 4.84. The lowest BCUT2D eigenvalue weighted by molar-refractivity contribution is -0.140. The second kappa shape index (κ2) is 4.09. The third kappa shape index (κ3) is 2.04. The van der Waals surface area contributed by atoms with Crippen LogP contribution in [0, 0.1) is 0 Å². The molecule has 17 heavy (non-hydrogen) atoms. The van der Waals surface area contributed by atoms with Crippen molar-refractivity contribution < 1.29 is 23.4 Å². The summed E-state index contributed by atoms with van der Waals surface area (Å²) in [5.41, 5.74) is 0. The number of aromatic amines is 1. The van der Waals surface area contributed by atoms with Gasteiger partial charge >= 0.3 is 5.97 Å². The van der Waals surface area contributed by atoms with Gasteiger partial charge in [0.1, 0.15) is 6.04 Å². The molecule has 0 unspecified atom stereocenters. The van der Waals surface area contributed by atoms with Gasteiger partial charge in [0.25, 0.3) is 10.0 Å². The van der Waals surface area contributed by atoms with E-state index in [2.05, 4.69) is 9.97 Å². The number of imidazole rings is 1. The molecule has 1 fully saturated rings. The quantitative estimate of drug-likeness (QED) is 0.616. The first-order chi connectivity index (χ1) is 7.93. The first-order valence-corrected chi connectivity index (χ1v) is 6.28. The summed E-state index contributed by atoms with van der Waals surface area (Å²) in [7, 11) is -3.95. The lowest BCUT2D eigenvalue weighted by atomic mass is 10.2. The smallest absolute Gasteiger partial charge is 0.322 e. The standard InChI is InChI=1S/C8H11N3O5S/c12-5-1-6(8(13)14)11(3-5)17(15,16)7-2-9-4-10-7/h2,4-6,12H,1,3H2,(H,9,10)(H,13,14)/t5-,6+/m1/s1. The fraction of sp³-hybridized carbons (Fsp3) is 0.500. The van der Waals surface area contributed by atoms with E-state index in [4.69, 9.17) is 5.11 Å². The molecule has 9 heteroatoms. The largest absolute Gasteiger partial charge is 0.480 e. The van der Waals surface area contributed by atoms with E-state index in [0.29, 0.717) is 0 Å². The third-order valence-corrected chi connectivity index (χ3v) is 4.38. The van der Waals surface area contributed by atoms with Gasteiger partial charge in [-0.15, -0.1) is 0 Å². The van der Waals surface area contributed by atoms with E-state index in [9.17, 15) is 18.3 Å². The van der Waals surface area contributed by atoms with Gasteiger partial charge in [-0.2, -0.15) is 4.31 Å². The molecule has 2 heterocycles. The minimum Gasteiger partial charge on any atom is -0.480 e. The number of nitrogens with zero attached hydrogens (tertiary/aromatic N) is 2. The maximum absolute atomic E-state index is 12.0. The van der Waals surface area contributed by atoms with Crippen molar-refractivity contribution in [3.05, 3.63) is 12.5 Å². The zero-order valence-electron chi connectivity index (χ0n) is 8.65. The van der Waals surface area contributed by atoms with Crippen molar-refractivity contribution in [2.75, 3.05) is 6.54 Å². The number of aliphatic hydroxyl groups excluding tert-OH is 1. The van der Waals surface area contributed by atoms with Gasteiger partial charge in [0.05, 0.1) is 18.6 Å². The molecule has 2 atom stereocenters. The van der Waals surface area contributed by atoms with Crippen molar-refractivity contribution in [2.24, 2.45) is 0 Å². The highest BCUT2D eigenvalue weighted by Crippen LogP contribution is 2.25. The summed E-state index contributed by atoms with van der Waals surface area (Å²) in [6, 6.07) is -1.24. The average molecular weight is 261 g/mol. The van der Waals surface area contributed by atoms with Gasteiger partial charge in [0.15, 0.2) is 5.03 Å². The normalized spacial score (nSPS) is 26.2. The number of hydrogen-bond donors (Lipinski definition) is 3. The van der Waals surface area contributed by atoms with Gasteiger partial charge in [0.2, 0.25) is 0 Å². The molecule has 1 aromatic rings. The molecule has 0 bridgehead atoms. The number of carbonyl (C=O) groups is 1. The summed E-state index contributed by atoms with van der Waals surface area (Å²) < 4.78 is 24.8. The van der Waals surface area contributed by atoms with E-state index in [0.717, 1.165) is 10.5 Å². The van der Waals surface area contributed by atoms with E-state index in [1.165, 1.54) is 6.33 Å². The lowest BCUT2D eigenvalue weighted by Gasteiger charge is -2.19. The molecular formula is C8H11N3O5S. The van der Waals surface area contributed by atoms with E-state index >= 15 is 0 Å². The highest BCUT2D eigenvalue weighted by Gasteiger charge is 2.44. The van der Waals surface area contributed by atoms with Crippen molar-refractivity contribution in [1.82, 2.24) is 14.3 Å².